The van der Waals surface area contributed by atoms with Crippen molar-refractivity contribution in [1.29, 1.82) is 0 Å². The molecule has 0 radical (unpaired) electrons. The Morgan fingerprint density at radius 1 is 1.67 bits per heavy atom. The van der Waals surface area contributed by atoms with Gasteiger partial charge in [-0.15, -0.1) is 6.58 Å². The van der Waals surface area contributed by atoms with Crippen LogP contribution in [0.2, 0.25) is 5.02 Å². The third kappa shape index (κ3) is 4.04. The summed E-state index contributed by atoms with van der Waals surface area (Å²) in [5, 5.41) is 2.80. The van der Waals surface area contributed by atoms with Crippen LogP contribution in [0.3, 0.4) is 0 Å². The van der Waals surface area contributed by atoms with Crippen LogP contribution in [-0.4, -0.2) is 24.0 Å². The average molecular weight is 271 g/mol. The predicted molar refractivity (Wildman–Crippen MR) is 71.1 cm³/mol. The Labute approximate surface area is 111 Å². The Hall–Kier alpha value is -1.55. The summed E-state index contributed by atoms with van der Waals surface area (Å²) in [5.41, 5.74) is 0.681. The van der Waals surface area contributed by atoms with Crippen LogP contribution in [0.25, 0.3) is 0 Å². The number of carbonyl (C=O) groups is 1. The molecule has 2 amide bonds. The molecule has 0 saturated heterocycles. The van der Waals surface area contributed by atoms with Gasteiger partial charge >= 0.3 is 6.03 Å². The van der Waals surface area contributed by atoms with E-state index in [-0.39, 0.29) is 17.1 Å². The molecule has 1 atom stereocenters. The molecule has 0 spiro atoms. The molecule has 0 aromatic heterocycles. The summed E-state index contributed by atoms with van der Waals surface area (Å²) in [6, 6.07) is 4.14. The second kappa shape index (κ2) is 6.40. The summed E-state index contributed by atoms with van der Waals surface area (Å²) in [7, 11) is 1.64. The summed E-state index contributed by atoms with van der Waals surface area (Å²) in [6.45, 7) is 5.71. The molecular formula is C13H16ClFN2O. The van der Waals surface area contributed by atoms with Crippen LogP contribution >= 0.6 is 11.6 Å². The molecule has 0 fully saturated rings. The van der Waals surface area contributed by atoms with Gasteiger partial charge in [-0.1, -0.05) is 23.7 Å². The molecule has 1 N–H and O–H groups in total. The van der Waals surface area contributed by atoms with Crippen molar-refractivity contribution in [3.63, 3.8) is 0 Å². The van der Waals surface area contributed by atoms with Crippen molar-refractivity contribution in [2.45, 2.75) is 19.5 Å². The molecule has 1 unspecified atom stereocenters. The molecular weight excluding hydrogens is 255 g/mol. The van der Waals surface area contributed by atoms with Crippen LogP contribution in [-0.2, 0) is 6.54 Å². The lowest BCUT2D eigenvalue weighted by Gasteiger charge is -2.20. The summed E-state index contributed by atoms with van der Waals surface area (Å²) in [4.78, 5) is 13.2. The Kier molecular flexibility index (Phi) is 5.16. The van der Waals surface area contributed by atoms with E-state index >= 15 is 0 Å². The van der Waals surface area contributed by atoms with Crippen LogP contribution < -0.4 is 5.32 Å². The molecule has 5 heteroatoms. The molecule has 1 aromatic rings. The van der Waals surface area contributed by atoms with Gasteiger partial charge in [-0.25, -0.2) is 9.18 Å². The van der Waals surface area contributed by atoms with E-state index in [1.807, 2.05) is 6.92 Å². The number of nitrogens with zero attached hydrogens (tertiary/aromatic N) is 1. The van der Waals surface area contributed by atoms with Crippen LogP contribution in [0.15, 0.2) is 30.9 Å². The fraction of sp³-hybridized carbons (Fsp3) is 0.308. The summed E-state index contributed by atoms with van der Waals surface area (Å²) in [6.07, 6.45) is 1.63. The van der Waals surface area contributed by atoms with E-state index in [9.17, 15) is 9.18 Å². The van der Waals surface area contributed by atoms with Gasteiger partial charge in [-0.2, -0.15) is 0 Å². The van der Waals surface area contributed by atoms with E-state index in [1.54, 1.807) is 19.2 Å². The maximum absolute atomic E-state index is 13.2. The van der Waals surface area contributed by atoms with Gasteiger partial charge in [0, 0.05) is 19.6 Å². The molecule has 0 heterocycles. The Bertz CT molecular complexity index is 451. The van der Waals surface area contributed by atoms with Crippen molar-refractivity contribution >= 4 is 17.6 Å². The molecule has 1 rings (SSSR count). The fourth-order valence-electron chi connectivity index (χ4n) is 1.35. The van der Waals surface area contributed by atoms with Crippen molar-refractivity contribution in [3.8, 4) is 0 Å². The van der Waals surface area contributed by atoms with Gasteiger partial charge in [0.15, 0.2) is 0 Å². The molecule has 0 aliphatic carbocycles. The maximum Gasteiger partial charge on any atom is 0.317 e. The lowest BCUT2D eigenvalue weighted by molar-refractivity contribution is 0.205. The number of hydrogen-bond acceptors (Lipinski definition) is 1. The molecule has 18 heavy (non-hydrogen) atoms. The number of carbonyl (C=O) groups excluding carboxylic acids is 1. The van der Waals surface area contributed by atoms with E-state index in [0.717, 1.165) is 0 Å². The van der Waals surface area contributed by atoms with E-state index in [1.165, 1.54) is 17.0 Å². The van der Waals surface area contributed by atoms with Crippen molar-refractivity contribution in [3.05, 3.63) is 47.3 Å². The van der Waals surface area contributed by atoms with Gasteiger partial charge < -0.3 is 10.2 Å². The minimum absolute atomic E-state index is 0.0751. The van der Waals surface area contributed by atoms with E-state index in [0.29, 0.717) is 12.1 Å². The SMILES string of the molecule is C=CC(C)NC(=O)N(C)Cc1ccc(Cl)c(F)c1. The molecule has 0 aliphatic rings. The first-order valence-electron chi connectivity index (χ1n) is 5.52. The van der Waals surface area contributed by atoms with Gasteiger partial charge in [0.1, 0.15) is 5.82 Å². The highest BCUT2D eigenvalue weighted by Crippen LogP contribution is 2.16. The number of halogens is 2. The first-order valence-corrected chi connectivity index (χ1v) is 5.90. The maximum atomic E-state index is 13.2. The van der Waals surface area contributed by atoms with Crippen LogP contribution in [0.5, 0.6) is 0 Å². The predicted octanol–water partition coefficient (Wildman–Crippen LogP) is 3.20. The normalized spacial score (nSPS) is 11.8. The number of hydrogen-bond donors (Lipinski definition) is 1. The number of urea groups is 1. The lowest BCUT2D eigenvalue weighted by Crippen LogP contribution is -2.40. The van der Waals surface area contributed by atoms with Crippen molar-refractivity contribution in [2.24, 2.45) is 0 Å². The minimum atomic E-state index is -0.484. The topological polar surface area (TPSA) is 32.3 Å². The van der Waals surface area contributed by atoms with Crippen molar-refractivity contribution in [2.75, 3.05) is 7.05 Å². The van der Waals surface area contributed by atoms with Gasteiger partial charge in [0.05, 0.1) is 5.02 Å². The Morgan fingerprint density at radius 3 is 2.89 bits per heavy atom. The van der Waals surface area contributed by atoms with Gasteiger partial charge in [0.25, 0.3) is 0 Å². The Balaban J connectivity index is 2.63. The fourth-order valence-corrected chi connectivity index (χ4v) is 1.47. The molecule has 1 aromatic carbocycles. The van der Waals surface area contributed by atoms with Crippen molar-refractivity contribution in [1.82, 2.24) is 10.2 Å². The molecule has 3 nitrogen and oxygen atoms in total. The van der Waals surface area contributed by atoms with E-state index in [4.69, 9.17) is 11.6 Å². The number of nitrogens with one attached hydrogen (secondary N) is 1. The van der Waals surface area contributed by atoms with Gasteiger partial charge in [-0.05, 0) is 24.6 Å². The molecule has 98 valence electrons. The number of benzene rings is 1. The first-order chi connectivity index (χ1) is 8.43. The van der Waals surface area contributed by atoms with Crippen LogP contribution in [0.1, 0.15) is 12.5 Å². The quantitative estimate of drug-likeness (QED) is 0.838. The third-order valence-corrected chi connectivity index (χ3v) is 2.76. The van der Waals surface area contributed by atoms with E-state index in [2.05, 4.69) is 11.9 Å². The standard InChI is InChI=1S/C13H16ClFN2O/c1-4-9(2)16-13(18)17(3)8-10-5-6-11(14)12(15)7-10/h4-7,9H,1,8H2,2-3H3,(H,16,18). The molecule has 0 bridgehead atoms. The van der Waals surface area contributed by atoms with Crippen LogP contribution in [0.4, 0.5) is 9.18 Å². The summed E-state index contributed by atoms with van der Waals surface area (Å²) >= 11 is 5.59. The number of rotatable bonds is 4. The average Bonchev–Trinajstić information content (AvgIpc) is 2.33. The Morgan fingerprint density at radius 2 is 2.33 bits per heavy atom. The second-order valence-electron chi connectivity index (χ2n) is 4.08. The van der Waals surface area contributed by atoms with E-state index < -0.39 is 5.82 Å². The van der Waals surface area contributed by atoms with Crippen molar-refractivity contribution < 1.29 is 9.18 Å². The summed E-state index contributed by atoms with van der Waals surface area (Å²) < 4.78 is 13.2. The zero-order chi connectivity index (χ0) is 13.7. The van der Waals surface area contributed by atoms with Gasteiger partial charge in [-0.3, -0.25) is 0 Å². The first kappa shape index (κ1) is 14.5. The second-order valence-corrected chi connectivity index (χ2v) is 4.49. The van der Waals surface area contributed by atoms with Crippen LogP contribution in [0, 0.1) is 5.82 Å². The zero-order valence-electron chi connectivity index (χ0n) is 10.4. The third-order valence-electron chi connectivity index (χ3n) is 2.46. The lowest BCUT2D eigenvalue weighted by atomic mass is 10.2. The highest BCUT2D eigenvalue weighted by molar-refractivity contribution is 6.30. The smallest absolute Gasteiger partial charge is 0.317 e. The molecule has 0 aliphatic heterocycles. The highest BCUT2D eigenvalue weighted by Gasteiger charge is 2.11. The monoisotopic (exact) mass is 270 g/mol. The largest absolute Gasteiger partial charge is 0.332 e. The zero-order valence-corrected chi connectivity index (χ0v) is 11.2. The summed E-state index contributed by atoms with van der Waals surface area (Å²) in [5.74, 6) is -0.484. The molecule has 0 saturated carbocycles. The van der Waals surface area contributed by atoms with Gasteiger partial charge in [0.2, 0.25) is 0 Å². The highest BCUT2D eigenvalue weighted by atomic mass is 35.5. The number of amides is 2. The minimum Gasteiger partial charge on any atom is -0.332 e.